The molecule has 2 fully saturated rings. The van der Waals surface area contributed by atoms with Crippen molar-refractivity contribution in [1.82, 2.24) is 0 Å². The third-order valence-corrected chi connectivity index (χ3v) is 5.96. The monoisotopic (exact) mass is 336 g/mol. The smallest absolute Gasteiger partial charge is 0.122 e. The number of rotatable bonds is 5. The van der Waals surface area contributed by atoms with Gasteiger partial charge in [0.2, 0.25) is 0 Å². The average Bonchev–Trinajstić information content (AvgIpc) is 3.16. The van der Waals surface area contributed by atoms with E-state index < -0.39 is 0 Å². The van der Waals surface area contributed by atoms with Crippen LogP contribution in [0.25, 0.3) is 0 Å². The molecule has 0 N–H and O–H groups in total. The van der Waals surface area contributed by atoms with Gasteiger partial charge in [-0.3, -0.25) is 0 Å². The number of hydrogen-bond acceptors (Lipinski definition) is 1. The van der Waals surface area contributed by atoms with Crippen molar-refractivity contribution in [2.75, 3.05) is 11.9 Å². The van der Waals surface area contributed by atoms with Crippen molar-refractivity contribution in [3.05, 3.63) is 29.8 Å². The molecule has 1 aromatic carbocycles. The zero-order chi connectivity index (χ0) is 13.8. The molecule has 0 bridgehead atoms. The Morgan fingerprint density at radius 2 is 1.80 bits per heavy atom. The van der Waals surface area contributed by atoms with Crippen molar-refractivity contribution >= 4 is 15.9 Å². The second-order valence-electron chi connectivity index (χ2n) is 6.45. The van der Waals surface area contributed by atoms with Crippen LogP contribution in [0.15, 0.2) is 24.3 Å². The molecule has 0 aromatic heterocycles. The van der Waals surface area contributed by atoms with Crippen LogP contribution in [0.4, 0.5) is 0 Å². The summed E-state index contributed by atoms with van der Waals surface area (Å²) in [5.74, 6) is 3.41. The number of alkyl halides is 1. The van der Waals surface area contributed by atoms with Crippen LogP contribution >= 0.6 is 15.9 Å². The van der Waals surface area contributed by atoms with E-state index in [0.29, 0.717) is 5.92 Å². The van der Waals surface area contributed by atoms with E-state index in [1.807, 2.05) is 0 Å². The molecule has 0 heterocycles. The molecule has 2 aliphatic carbocycles. The van der Waals surface area contributed by atoms with Gasteiger partial charge in [0.05, 0.1) is 6.61 Å². The lowest BCUT2D eigenvalue weighted by molar-refractivity contribution is 0.248. The lowest BCUT2D eigenvalue weighted by atomic mass is 9.89. The highest BCUT2D eigenvalue weighted by molar-refractivity contribution is 9.09. The van der Waals surface area contributed by atoms with Crippen LogP contribution in [-0.4, -0.2) is 11.9 Å². The molecule has 0 amide bonds. The molecule has 0 aliphatic heterocycles. The first-order valence-corrected chi connectivity index (χ1v) is 9.28. The Morgan fingerprint density at radius 1 is 1.00 bits per heavy atom. The largest absolute Gasteiger partial charge is 0.493 e. The van der Waals surface area contributed by atoms with Crippen LogP contribution < -0.4 is 4.74 Å². The third-order valence-electron chi connectivity index (χ3n) is 5.13. The summed E-state index contributed by atoms with van der Waals surface area (Å²) < 4.78 is 6.21. The molecule has 20 heavy (non-hydrogen) atoms. The van der Waals surface area contributed by atoms with Crippen LogP contribution in [0.3, 0.4) is 0 Å². The van der Waals surface area contributed by atoms with Gasteiger partial charge in [0, 0.05) is 5.33 Å². The maximum Gasteiger partial charge on any atom is 0.122 e. The minimum atomic E-state index is 0.689. The Morgan fingerprint density at radius 3 is 2.60 bits per heavy atom. The first kappa shape index (κ1) is 14.4. The van der Waals surface area contributed by atoms with Crippen molar-refractivity contribution < 1.29 is 4.74 Å². The predicted octanol–water partition coefficient (Wildman–Crippen LogP) is 5.53. The van der Waals surface area contributed by atoms with E-state index in [-0.39, 0.29) is 0 Å². The van der Waals surface area contributed by atoms with Gasteiger partial charge in [-0.1, -0.05) is 53.4 Å². The van der Waals surface area contributed by atoms with Crippen LogP contribution in [0.2, 0.25) is 0 Å². The van der Waals surface area contributed by atoms with Crippen molar-refractivity contribution in [2.45, 2.75) is 50.9 Å². The number of halogens is 1. The fraction of sp³-hybridized carbons (Fsp3) is 0.667. The molecule has 3 rings (SSSR count). The lowest BCUT2D eigenvalue weighted by Crippen LogP contribution is -2.12. The number of benzene rings is 1. The minimum absolute atomic E-state index is 0.689. The van der Waals surface area contributed by atoms with Gasteiger partial charge in [0.1, 0.15) is 5.75 Å². The van der Waals surface area contributed by atoms with Crippen molar-refractivity contribution in [1.29, 1.82) is 0 Å². The second kappa shape index (κ2) is 6.98. The van der Waals surface area contributed by atoms with E-state index in [1.54, 1.807) is 0 Å². The van der Waals surface area contributed by atoms with Crippen LogP contribution in [0, 0.1) is 11.8 Å². The highest BCUT2D eigenvalue weighted by atomic mass is 79.9. The maximum atomic E-state index is 6.21. The molecule has 0 radical (unpaired) electrons. The van der Waals surface area contributed by atoms with Crippen LogP contribution in [-0.2, 0) is 0 Å². The molecule has 2 heteroatoms. The summed E-state index contributed by atoms with van der Waals surface area (Å²) in [7, 11) is 0. The molecule has 110 valence electrons. The normalized spacial score (nSPS) is 27.1. The Kier molecular flexibility index (Phi) is 5.04. The first-order chi connectivity index (χ1) is 9.88. The molecule has 0 saturated heterocycles. The molecule has 1 nitrogen and oxygen atoms in total. The number of para-hydroxylation sites is 1. The van der Waals surface area contributed by atoms with Crippen molar-refractivity contribution in [3.8, 4) is 5.75 Å². The summed E-state index contributed by atoms with van der Waals surface area (Å²) in [5.41, 5.74) is 1.45. The lowest BCUT2D eigenvalue weighted by Gasteiger charge is -2.22. The quantitative estimate of drug-likeness (QED) is 0.642. The molecule has 2 atom stereocenters. The zero-order valence-corrected chi connectivity index (χ0v) is 13.8. The van der Waals surface area contributed by atoms with Gasteiger partial charge < -0.3 is 4.74 Å². The first-order valence-electron chi connectivity index (χ1n) is 8.16. The number of hydrogen-bond donors (Lipinski definition) is 0. The summed E-state index contributed by atoms with van der Waals surface area (Å²) in [6.45, 7) is 0.919. The third kappa shape index (κ3) is 3.21. The Labute approximate surface area is 131 Å². The van der Waals surface area contributed by atoms with E-state index in [2.05, 4.69) is 40.2 Å². The predicted molar refractivity (Wildman–Crippen MR) is 87.8 cm³/mol. The van der Waals surface area contributed by atoms with Gasteiger partial charge in [0.25, 0.3) is 0 Å². The Balaban J connectivity index is 1.70. The molecule has 1 aromatic rings. The average molecular weight is 337 g/mol. The molecule has 2 aliphatic rings. The maximum absolute atomic E-state index is 6.21. The summed E-state index contributed by atoms with van der Waals surface area (Å²) in [6, 6.07) is 8.75. The fourth-order valence-corrected chi connectivity index (χ4v) is 4.71. The van der Waals surface area contributed by atoms with Gasteiger partial charge in [-0.15, -0.1) is 0 Å². The summed E-state index contributed by atoms with van der Waals surface area (Å²) in [6.07, 6.45) is 9.53. The van der Waals surface area contributed by atoms with Gasteiger partial charge in [-0.25, -0.2) is 0 Å². The summed E-state index contributed by atoms with van der Waals surface area (Å²) in [5, 5.41) is 1.12. The second-order valence-corrected chi connectivity index (χ2v) is 7.10. The highest BCUT2D eigenvalue weighted by Gasteiger charge is 2.29. The zero-order valence-electron chi connectivity index (χ0n) is 12.2. The van der Waals surface area contributed by atoms with E-state index in [1.165, 1.54) is 50.5 Å². The number of ether oxygens (including phenoxy) is 1. The molecule has 2 saturated carbocycles. The topological polar surface area (TPSA) is 9.23 Å². The van der Waals surface area contributed by atoms with Gasteiger partial charge in [0.15, 0.2) is 0 Å². The van der Waals surface area contributed by atoms with Crippen molar-refractivity contribution in [2.24, 2.45) is 11.8 Å². The van der Waals surface area contributed by atoms with E-state index in [4.69, 9.17) is 4.74 Å². The SMILES string of the molecule is BrCC1CCCC1c1ccccc1OCC1CCCC1. The van der Waals surface area contributed by atoms with Crippen LogP contribution in [0.1, 0.15) is 56.4 Å². The van der Waals surface area contributed by atoms with Gasteiger partial charge >= 0.3 is 0 Å². The Bertz CT molecular complexity index is 425. The van der Waals surface area contributed by atoms with Gasteiger partial charge in [-0.05, 0) is 55.1 Å². The summed E-state index contributed by atoms with van der Waals surface area (Å²) >= 11 is 3.69. The summed E-state index contributed by atoms with van der Waals surface area (Å²) in [4.78, 5) is 0. The molecule has 2 unspecified atom stereocenters. The molecular formula is C18H25BrO. The van der Waals surface area contributed by atoms with Crippen molar-refractivity contribution in [3.63, 3.8) is 0 Å². The standard InChI is InChI=1S/C18H25BrO/c19-12-15-8-5-10-16(15)17-9-3-4-11-18(17)20-13-14-6-1-2-7-14/h3-4,9,11,14-16H,1-2,5-8,10,12-13H2. The fourth-order valence-electron chi connectivity index (χ4n) is 3.93. The van der Waals surface area contributed by atoms with E-state index >= 15 is 0 Å². The molecular weight excluding hydrogens is 312 g/mol. The van der Waals surface area contributed by atoms with Crippen LogP contribution in [0.5, 0.6) is 5.75 Å². The van der Waals surface area contributed by atoms with E-state index in [9.17, 15) is 0 Å². The van der Waals surface area contributed by atoms with E-state index in [0.717, 1.165) is 29.5 Å². The highest BCUT2D eigenvalue weighted by Crippen LogP contribution is 2.43. The Hall–Kier alpha value is -0.500. The minimum Gasteiger partial charge on any atom is -0.493 e. The molecule has 0 spiro atoms. The van der Waals surface area contributed by atoms with Gasteiger partial charge in [-0.2, -0.15) is 0 Å².